The molecule has 0 aliphatic heterocycles. The number of aromatic nitrogens is 1. The van der Waals surface area contributed by atoms with Crippen molar-refractivity contribution in [1.29, 1.82) is 0 Å². The van der Waals surface area contributed by atoms with Gasteiger partial charge in [0.2, 0.25) is 0 Å². The zero-order valence-corrected chi connectivity index (χ0v) is 16.2. The fraction of sp³-hybridized carbons (Fsp3) is 0.0870. The van der Waals surface area contributed by atoms with Crippen LogP contribution in [-0.2, 0) is 0 Å². The van der Waals surface area contributed by atoms with Crippen LogP contribution in [0.2, 0.25) is 0 Å². The predicted molar refractivity (Wildman–Crippen MR) is 110 cm³/mol. The number of nitrogens with zero attached hydrogens (tertiary/aromatic N) is 1. The third-order valence-corrected chi connectivity index (χ3v) is 4.51. The van der Waals surface area contributed by atoms with E-state index in [1.165, 1.54) is 19.4 Å². The minimum atomic E-state index is -0.553. The lowest BCUT2D eigenvalue weighted by Gasteiger charge is -2.10. The molecule has 0 bridgehead atoms. The average Bonchev–Trinajstić information content (AvgIpc) is 2.78. The molecule has 0 N–H and O–H groups in total. The summed E-state index contributed by atoms with van der Waals surface area (Å²) < 4.78 is 21.5. The number of benzene rings is 2. The molecule has 2 heterocycles. The van der Waals surface area contributed by atoms with E-state index < -0.39 is 11.6 Å². The first-order valence-corrected chi connectivity index (χ1v) is 9.01. The molecule has 0 atom stereocenters. The summed E-state index contributed by atoms with van der Waals surface area (Å²) in [4.78, 5) is 28.8. The number of hydrogen-bond donors (Lipinski definition) is 0. The van der Waals surface area contributed by atoms with Gasteiger partial charge in [-0.15, -0.1) is 0 Å². The number of rotatable bonds is 5. The van der Waals surface area contributed by atoms with E-state index in [2.05, 4.69) is 4.98 Å². The normalized spacial score (nSPS) is 10.6. The summed E-state index contributed by atoms with van der Waals surface area (Å²) in [5.41, 5.74) is 0.948. The second-order valence-corrected chi connectivity index (χ2v) is 6.34. The minimum Gasteiger partial charge on any atom is -0.497 e. The number of esters is 1. The van der Waals surface area contributed by atoms with Crippen LogP contribution in [0.25, 0.3) is 22.1 Å². The monoisotopic (exact) mass is 403 g/mol. The molecular formula is C23H17NO6. The Morgan fingerprint density at radius 1 is 0.933 bits per heavy atom. The van der Waals surface area contributed by atoms with Gasteiger partial charge in [0, 0.05) is 29.4 Å². The van der Waals surface area contributed by atoms with Crippen LogP contribution >= 0.6 is 0 Å². The topological polar surface area (TPSA) is 87.9 Å². The molecular weight excluding hydrogens is 386 g/mol. The number of fused-ring (bicyclic) bond motifs is 1. The SMILES string of the molecule is COc1ccc(OC)c(-c2cc3ccc(OC(=O)c4cccnc4)cc3oc2=O)c1. The molecule has 0 fully saturated rings. The van der Waals surface area contributed by atoms with Crippen molar-refractivity contribution in [3.63, 3.8) is 0 Å². The van der Waals surface area contributed by atoms with Crippen molar-refractivity contribution in [1.82, 2.24) is 4.98 Å². The van der Waals surface area contributed by atoms with E-state index >= 15 is 0 Å². The summed E-state index contributed by atoms with van der Waals surface area (Å²) in [5, 5.41) is 0.663. The maximum absolute atomic E-state index is 12.7. The third kappa shape index (κ3) is 3.73. The Labute approximate surface area is 171 Å². The molecule has 30 heavy (non-hydrogen) atoms. The highest BCUT2D eigenvalue weighted by Crippen LogP contribution is 2.33. The highest BCUT2D eigenvalue weighted by atomic mass is 16.5. The van der Waals surface area contributed by atoms with Gasteiger partial charge < -0.3 is 18.6 Å². The Morgan fingerprint density at radius 2 is 1.77 bits per heavy atom. The fourth-order valence-electron chi connectivity index (χ4n) is 3.02. The standard InChI is InChI=1S/C23H17NO6/c1-27-16-7-8-20(28-2)18(11-16)19-10-14-5-6-17(12-21(14)30-23(19)26)29-22(25)15-4-3-9-24-13-15/h3-13H,1-2H3. The van der Waals surface area contributed by atoms with Crippen LogP contribution in [0.3, 0.4) is 0 Å². The minimum absolute atomic E-state index is 0.256. The van der Waals surface area contributed by atoms with E-state index in [4.69, 9.17) is 18.6 Å². The first-order chi connectivity index (χ1) is 14.6. The van der Waals surface area contributed by atoms with Crippen LogP contribution in [0, 0.1) is 0 Å². The Kier molecular flexibility index (Phi) is 5.17. The maximum atomic E-state index is 12.7. The molecule has 7 nitrogen and oxygen atoms in total. The van der Waals surface area contributed by atoms with Crippen LogP contribution in [0.15, 0.2) is 76.2 Å². The van der Waals surface area contributed by atoms with Gasteiger partial charge in [0.1, 0.15) is 22.8 Å². The summed E-state index contributed by atoms with van der Waals surface area (Å²) in [6.07, 6.45) is 2.98. The molecule has 4 rings (SSSR count). The predicted octanol–water partition coefficient (Wildman–Crippen LogP) is 4.09. The van der Waals surface area contributed by atoms with Gasteiger partial charge in [0.05, 0.1) is 25.3 Å². The number of pyridine rings is 1. The lowest BCUT2D eigenvalue weighted by atomic mass is 10.0. The van der Waals surface area contributed by atoms with Crippen molar-refractivity contribution >= 4 is 16.9 Å². The van der Waals surface area contributed by atoms with E-state index in [1.54, 1.807) is 61.8 Å². The molecule has 0 saturated carbocycles. The molecule has 0 unspecified atom stereocenters. The molecule has 4 aromatic rings. The zero-order chi connectivity index (χ0) is 21.1. The number of carbonyl (C=O) groups excluding carboxylic acids is 1. The Morgan fingerprint density at radius 3 is 2.50 bits per heavy atom. The van der Waals surface area contributed by atoms with Crippen molar-refractivity contribution in [2.45, 2.75) is 0 Å². The molecule has 0 amide bonds. The molecule has 7 heteroatoms. The summed E-state index contributed by atoms with van der Waals surface area (Å²) >= 11 is 0. The van der Waals surface area contributed by atoms with Crippen LogP contribution in [0.5, 0.6) is 17.2 Å². The van der Waals surface area contributed by atoms with Gasteiger partial charge in [-0.25, -0.2) is 9.59 Å². The second kappa shape index (κ2) is 8.08. The number of ether oxygens (including phenoxy) is 3. The number of hydrogen-bond acceptors (Lipinski definition) is 7. The lowest BCUT2D eigenvalue weighted by molar-refractivity contribution is 0.0734. The molecule has 0 saturated heterocycles. The fourth-order valence-corrected chi connectivity index (χ4v) is 3.02. The van der Waals surface area contributed by atoms with E-state index in [1.807, 2.05) is 0 Å². The van der Waals surface area contributed by atoms with Gasteiger partial charge in [-0.05, 0) is 48.5 Å². The van der Waals surface area contributed by atoms with Crippen molar-refractivity contribution < 1.29 is 23.4 Å². The number of carbonyl (C=O) groups is 1. The second-order valence-electron chi connectivity index (χ2n) is 6.34. The lowest BCUT2D eigenvalue weighted by Crippen LogP contribution is -2.09. The highest BCUT2D eigenvalue weighted by molar-refractivity contribution is 5.91. The molecule has 0 radical (unpaired) electrons. The molecule has 0 spiro atoms. The van der Waals surface area contributed by atoms with Crippen molar-refractivity contribution in [2.24, 2.45) is 0 Å². The zero-order valence-electron chi connectivity index (χ0n) is 16.2. The summed E-state index contributed by atoms with van der Waals surface area (Å²) in [5.74, 6) is 0.807. The van der Waals surface area contributed by atoms with Gasteiger partial charge in [0.25, 0.3) is 0 Å². The van der Waals surface area contributed by atoms with Gasteiger partial charge in [-0.3, -0.25) is 4.98 Å². The largest absolute Gasteiger partial charge is 0.497 e. The summed E-state index contributed by atoms with van der Waals surface area (Å²) in [6.45, 7) is 0. The average molecular weight is 403 g/mol. The Balaban J connectivity index is 1.72. The van der Waals surface area contributed by atoms with Crippen LogP contribution in [0.4, 0.5) is 0 Å². The molecule has 150 valence electrons. The van der Waals surface area contributed by atoms with Crippen molar-refractivity contribution in [2.75, 3.05) is 14.2 Å². The van der Waals surface area contributed by atoms with E-state index in [0.29, 0.717) is 39.2 Å². The van der Waals surface area contributed by atoms with E-state index in [9.17, 15) is 9.59 Å². The quantitative estimate of drug-likeness (QED) is 0.282. The summed E-state index contributed by atoms with van der Waals surface area (Å²) in [6, 6.07) is 15.0. The Bertz CT molecular complexity index is 1280. The van der Waals surface area contributed by atoms with Crippen molar-refractivity contribution in [3.8, 4) is 28.4 Å². The molecule has 0 aliphatic rings. The van der Waals surface area contributed by atoms with Gasteiger partial charge in [0.15, 0.2) is 0 Å². The van der Waals surface area contributed by atoms with E-state index in [-0.39, 0.29) is 5.75 Å². The van der Waals surface area contributed by atoms with Crippen LogP contribution < -0.4 is 19.8 Å². The van der Waals surface area contributed by atoms with Crippen LogP contribution in [-0.4, -0.2) is 25.2 Å². The molecule has 2 aromatic carbocycles. The van der Waals surface area contributed by atoms with E-state index in [0.717, 1.165) is 0 Å². The van der Waals surface area contributed by atoms with Crippen LogP contribution in [0.1, 0.15) is 10.4 Å². The first kappa shape index (κ1) is 19.2. The first-order valence-electron chi connectivity index (χ1n) is 9.01. The molecule has 0 aliphatic carbocycles. The Hall–Kier alpha value is -4.13. The third-order valence-electron chi connectivity index (χ3n) is 4.51. The van der Waals surface area contributed by atoms with Gasteiger partial charge in [-0.2, -0.15) is 0 Å². The van der Waals surface area contributed by atoms with Gasteiger partial charge >= 0.3 is 11.6 Å². The highest BCUT2D eigenvalue weighted by Gasteiger charge is 2.15. The van der Waals surface area contributed by atoms with Crippen molar-refractivity contribution in [3.05, 3.63) is 83.0 Å². The smallest absolute Gasteiger partial charge is 0.345 e. The van der Waals surface area contributed by atoms with Gasteiger partial charge in [-0.1, -0.05) is 0 Å². The maximum Gasteiger partial charge on any atom is 0.345 e. The summed E-state index contributed by atoms with van der Waals surface area (Å²) in [7, 11) is 3.07. The number of methoxy groups -OCH3 is 2. The molecule has 2 aromatic heterocycles.